The quantitative estimate of drug-likeness (QED) is 0.175. The summed E-state index contributed by atoms with van der Waals surface area (Å²) in [5, 5.41) is 34.4. The van der Waals surface area contributed by atoms with E-state index in [1.807, 2.05) is 65.8 Å². The Bertz CT molecular complexity index is 1190. The predicted molar refractivity (Wildman–Crippen MR) is 195 cm³/mol. The van der Waals surface area contributed by atoms with E-state index in [0.717, 1.165) is 22.3 Å². The Morgan fingerprint density at radius 3 is 0.917 bits per heavy atom. The Hall–Kier alpha value is -0.750. The fourth-order valence-electron chi connectivity index (χ4n) is 4.42. The molecule has 0 heterocycles. The van der Waals surface area contributed by atoms with Crippen molar-refractivity contribution < 1.29 is 59.0 Å². The molecule has 2 aromatic carbocycles. The van der Waals surface area contributed by atoms with Crippen LogP contribution in [0.5, 0.6) is 0 Å². The van der Waals surface area contributed by atoms with Gasteiger partial charge < -0.3 is 40.0 Å². The van der Waals surface area contributed by atoms with Gasteiger partial charge in [-0.2, -0.15) is 0 Å². The molecule has 2 rings (SSSR count). The maximum absolute atomic E-state index is 11.8. The zero-order valence-corrected chi connectivity index (χ0v) is 33.1. The Labute approximate surface area is 288 Å². The largest absolute Gasteiger partial charge is 0.396 e. The summed E-state index contributed by atoms with van der Waals surface area (Å²) < 4.78 is 3.60. The van der Waals surface area contributed by atoms with Gasteiger partial charge in [0.15, 0.2) is 0 Å². The molecular weight excluding hydrogens is 681 g/mol. The van der Waals surface area contributed by atoms with E-state index in [0.29, 0.717) is 0 Å². The molecule has 0 fully saturated rings. The molecule has 0 atom stereocenters. The van der Waals surface area contributed by atoms with Crippen molar-refractivity contribution in [3.8, 4) is 0 Å². The van der Waals surface area contributed by atoms with Crippen LogP contribution < -0.4 is 10.6 Å². The van der Waals surface area contributed by atoms with Crippen molar-refractivity contribution in [3.63, 3.8) is 0 Å². The van der Waals surface area contributed by atoms with E-state index in [4.69, 9.17) is 40.0 Å². The minimum absolute atomic E-state index is 0.0970. The second kappa shape index (κ2) is 17.2. The van der Waals surface area contributed by atoms with E-state index in [1.165, 1.54) is 0 Å². The number of hydrogen-bond acceptors (Lipinski definition) is 12. The first kappa shape index (κ1) is 47.2. The van der Waals surface area contributed by atoms with Crippen LogP contribution in [-0.4, -0.2) is 81.1 Å². The molecule has 280 valence electrons. The molecule has 0 spiro atoms. The van der Waals surface area contributed by atoms with E-state index in [1.54, 1.807) is 12.1 Å². The van der Waals surface area contributed by atoms with Crippen LogP contribution in [0.25, 0.3) is 0 Å². The second-order valence-electron chi connectivity index (χ2n) is 16.2. The molecule has 11 N–H and O–H groups in total. The van der Waals surface area contributed by atoms with Gasteiger partial charge in [0.2, 0.25) is 0 Å². The number of benzene rings is 2. The van der Waals surface area contributed by atoms with Gasteiger partial charge in [0.25, 0.3) is 0 Å². The summed E-state index contributed by atoms with van der Waals surface area (Å²) in [6, 6.07) is 11.3. The van der Waals surface area contributed by atoms with E-state index in [9.17, 15) is 14.7 Å². The monoisotopic (exact) mass is 742 g/mol. The van der Waals surface area contributed by atoms with Gasteiger partial charge in [-0.25, -0.2) is 4.31 Å². The molecule has 0 bridgehead atoms. The van der Waals surface area contributed by atoms with Crippen LogP contribution in [0, 0.1) is 5.41 Å². The molecule has 15 heteroatoms. The van der Waals surface area contributed by atoms with Crippen molar-refractivity contribution >= 4 is 35.1 Å². The summed E-state index contributed by atoms with van der Waals surface area (Å²) >= 11 is 0. The maximum atomic E-state index is 11.8. The molecule has 0 saturated heterocycles. The fourth-order valence-corrected chi connectivity index (χ4v) is 7.59. The molecule has 2 aromatic rings. The number of aliphatic hydroxyl groups excluding tert-OH is 4. The van der Waals surface area contributed by atoms with Gasteiger partial charge in [0.1, 0.15) is 0 Å². The Balaban J connectivity index is 0.00000113. The van der Waals surface area contributed by atoms with Gasteiger partial charge in [-0.3, -0.25) is 0 Å². The minimum Gasteiger partial charge on any atom is -0.396 e. The van der Waals surface area contributed by atoms with Crippen molar-refractivity contribution in [3.05, 3.63) is 58.7 Å². The smallest absolute Gasteiger partial charge is 0.334 e. The zero-order chi connectivity index (χ0) is 38.3. The maximum Gasteiger partial charge on any atom is 0.334 e. The molecule has 0 aliphatic rings. The predicted octanol–water partition coefficient (Wildman–Crippen LogP) is 3.47. The summed E-state index contributed by atoms with van der Waals surface area (Å²) in [5.41, 5.74) is 1.63. The van der Waals surface area contributed by atoms with Crippen molar-refractivity contribution in [1.29, 1.82) is 0 Å². The third-order valence-corrected chi connectivity index (χ3v) is 11.4. The molecule has 0 saturated carbocycles. The van der Waals surface area contributed by atoms with Crippen LogP contribution in [0.4, 0.5) is 0 Å². The summed E-state index contributed by atoms with van der Waals surface area (Å²) in [5.74, 6) is 0. The van der Waals surface area contributed by atoms with Gasteiger partial charge in [0, 0.05) is 0 Å². The minimum atomic E-state index is -5.43. The standard InChI is InChI=1S/C28H45O3P.C5H12O4.H4O5P2/c1-25(2,3)19-13-15-23(21(17-19)27(7,8)9)32(29,30,31)24-16-14-20(26(4,5)6)18-22(24)28(10,11)12;6-1-5(2-7,3-8)4-9;1-6(2)5-7(3)4/h13-18,29-31H,1-12H3;6-9H,1-4H2;1-4H. The Kier molecular flexibility index (Phi) is 16.9. The van der Waals surface area contributed by atoms with Crippen LogP contribution in [0.1, 0.15) is 105 Å². The molecule has 0 unspecified atom stereocenters. The molecule has 0 radical (unpaired) electrons. The SMILES string of the molecule is CC(C)(C)c1ccc(P(O)(O)(O)c2ccc(C(C)(C)C)cc2C(C)(C)C)c(C(C)(C)C)c1.OCC(CO)(CO)CO.OP(O)OP(O)O. The molecular formula is C33H61O12P3. The van der Waals surface area contributed by atoms with E-state index >= 15 is 0 Å². The first-order valence-electron chi connectivity index (χ1n) is 15.4. The van der Waals surface area contributed by atoms with Gasteiger partial charge in [-0.05, 0) is 0 Å². The summed E-state index contributed by atoms with van der Waals surface area (Å²) in [6.45, 7) is 23.4. The second-order valence-corrected chi connectivity index (χ2v) is 20.8. The normalized spacial score (nSPS) is 14.1. The van der Waals surface area contributed by atoms with Crippen molar-refractivity contribution in [1.82, 2.24) is 0 Å². The van der Waals surface area contributed by atoms with Crippen molar-refractivity contribution in [2.45, 2.75) is 105 Å². The Morgan fingerprint density at radius 2 is 0.771 bits per heavy atom. The van der Waals surface area contributed by atoms with E-state index in [2.05, 4.69) is 45.9 Å². The topological polar surface area (TPSA) is 232 Å². The molecule has 12 nitrogen and oxygen atoms in total. The number of aliphatic hydroxyl groups is 4. The first-order chi connectivity index (χ1) is 21.3. The number of hydrogen-bond donors (Lipinski definition) is 11. The van der Waals surface area contributed by atoms with Crippen molar-refractivity contribution in [2.75, 3.05) is 26.4 Å². The van der Waals surface area contributed by atoms with Gasteiger partial charge >= 0.3 is 213 Å². The zero-order valence-electron chi connectivity index (χ0n) is 30.5. The summed E-state index contributed by atoms with van der Waals surface area (Å²) in [4.78, 5) is 66.8. The molecule has 48 heavy (non-hydrogen) atoms. The van der Waals surface area contributed by atoms with Crippen LogP contribution in [0.2, 0.25) is 0 Å². The van der Waals surface area contributed by atoms with Crippen LogP contribution >= 0.6 is 24.5 Å². The first-order valence-corrected chi connectivity index (χ1v) is 19.8. The summed E-state index contributed by atoms with van der Waals surface area (Å²) in [7, 11) is -10.7. The van der Waals surface area contributed by atoms with Gasteiger partial charge in [-0.15, -0.1) is 0 Å². The molecule has 0 aliphatic heterocycles. The third-order valence-electron chi connectivity index (χ3n) is 7.72. The average Bonchev–Trinajstić information content (AvgIpc) is 2.92. The molecule has 0 aromatic heterocycles. The van der Waals surface area contributed by atoms with Crippen LogP contribution in [0.3, 0.4) is 0 Å². The fraction of sp³-hybridized carbons (Fsp3) is 0.636. The molecule has 0 aliphatic carbocycles. The van der Waals surface area contributed by atoms with Gasteiger partial charge in [-0.1, -0.05) is 0 Å². The molecule has 0 amide bonds. The summed E-state index contributed by atoms with van der Waals surface area (Å²) in [6.07, 6.45) is 0. The van der Waals surface area contributed by atoms with E-state index in [-0.39, 0.29) is 32.3 Å². The average molecular weight is 743 g/mol. The number of rotatable bonds is 8. The Morgan fingerprint density at radius 1 is 0.500 bits per heavy atom. The van der Waals surface area contributed by atoms with Gasteiger partial charge in [0.05, 0.1) is 31.8 Å². The third kappa shape index (κ3) is 13.4. The van der Waals surface area contributed by atoms with Crippen molar-refractivity contribution in [2.24, 2.45) is 5.41 Å². The van der Waals surface area contributed by atoms with Crippen LogP contribution in [-0.2, 0) is 26.0 Å². The van der Waals surface area contributed by atoms with Crippen LogP contribution in [0.15, 0.2) is 36.4 Å². The van der Waals surface area contributed by atoms with E-state index < -0.39 is 56.3 Å².